The van der Waals surface area contributed by atoms with Gasteiger partial charge in [0.05, 0.1) is 13.2 Å². The molecular weight excluding hydrogens is 231 g/mol. The highest BCUT2D eigenvalue weighted by Crippen LogP contribution is 2.05. The number of hydrogen-bond acceptors (Lipinski definition) is 1. The molecule has 2 aromatic carbocycles. The third-order valence-corrected chi connectivity index (χ3v) is 3.03. The van der Waals surface area contributed by atoms with Crippen molar-refractivity contribution in [2.24, 2.45) is 0 Å². The Bertz CT molecular complexity index is 462. The molecule has 2 aromatic rings. The van der Waals surface area contributed by atoms with Crippen LogP contribution >= 0.6 is 0 Å². The Kier molecular flexibility index (Phi) is 6.37. The fraction of sp³-hybridized carbons (Fsp3) is 0.294. The van der Waals surface area contributed by atoms with E-state index in [0.717, 1.165) is 0 Å². The van der Waals surface area contributed by atoms with E-state index in [9.17, 15) is 0 Å². The van der Waals surface area contributed by atoms with Crippen LogP contribution in [0.5, 0.6) is 0 Å². The number of benzene rings is 2. The van der Waals surface area contributed by atoms with Gasteiger partial charge in [-0.25, -0.2) is 0 Å². The van der Waals surface area contributed by atoms with Gasteiger partial charge in [0, 0.05) is 0 Å². The zero-order chi connectivity index (χ0) is 12.8. The Balaban J connectivity index is 0.00000180. The summed E-state index contributed by atoms with van der Waals surface area (Å²) < 4.78 is 5.71. The van der Waals surface area contributed by atoms with Crippen molar-refractivity contribution in [1.82, 2.24) is 0 Å². The Labute approximate surface area is 117 Å². The second-order valence-corrected chi connectivity index (χ2v) is 4.87. The summed E-state index contributed by atoms with van der Waals surface area (Å²) in [5, 5.41) is 0. The first kappa shape index (κ1) is 15.5. The maximum Gasteiger partial charge on any atom is 0.169 e. The van der Waals surface area contributed by atoms with Crippen molar-refractivity contribution in [3.63, 3.8) is 0 Å². The largest absolute Gasteiger partial charge is 0.372 e. The van der Waals surface area contributed by atoms with Crippen LogP contribution in [0.15, 0.2) is 54.6 Å². The van der Waals surface area contributed by atoms with E-state index < -0.39 is 0 Å². The van der Waals surface area contributed by atoms with E-state index in [0.29, 0.717) is 19.9 Å². The molecule has 0 amide bonds. The van der Waals surface area contributed by atoms with E-state index in [1.54, 1.807) is 0 Å². The van der Waals surface area contributed by atoms with Gasteiger partial charge in [0.1, 0.15) is 0 Å². The lowest BCUT2D eigenvalue weighted by molar-refractivity contribution is 0.107. The summed E-state index contributed by atoms with van der Waals surface area (Å²) in [6.45, 7) is 6.35. The third-order valence-electron chi connectivity index (χ3n) is 3.03. The molecule has 0 fully saturated rings. The van der Waals surface area contributed by atoms with Crippen molar-refractivity contribution in [2.45, 2.75) is 34.3 Å². The lowest BCUT2D eigenvalue weighted by Crippen LogP contribution is -2.21. The summed E-state index contributed by atoms with van der Waals surface area (Å²) in [5.74, 6) is 0. The van der Waals surface area contributed by atoms with Gasteiger partial charge in [0.2, 0.25) is 0 Å². The first-order valence-corrected chi connectivity index (χ1v) is 6.46. The minimum Gasteiger partial charge on any atom is -0.372 e. The first-order valence-electron chi connectivity index (χ1n) is 6.46. The molecule has 0 aliphatic carbocycles. The molecule has 0 aliphatic rings. The third kappa shape index (κ3) is 4.92. The highest BCUT2D eigenvalue weighted by Gasteiger charge is 2.02. The monoisotopic (exact) mass is 254 g/mol. The zero-order valence-electron chi connectivity index (χ0n) is 11.1. The molecule has 0 aromatic heterocycles. The molecule has 0 aliphatic heterocycles. The normalized spacial score (nSPS) is 9.79. The van der Waals surface area contributed by atoms with Crippen LogP contribution in [0.1, 0.15) is 18.6 Å². The molecule has 0 saturated heterocycles. The maximum absolute atomic E-state index is 5.71. The summed E-state index contributed by atoms with van der Waals surface area (Å²) in [4.78, 5) is 0. The first-order chi connectivity index (χ1) is 8.75. The number of rotatable bonds is 5. The molecule has 2 rings (SSSR count). The van der Waals surface area contributed by atoms with Crippen LogP contribution in [0.4, 0.5) is 0 Å². The lowest BCUT2D eigenvalue weighted by atomic mass is 9.49. The van der Waals surface area contributed by atoms with Gasteiger partial charge in [-0.3, -0.25) is 0 Å². The summed E-state index contributed by atoms with van der Waals surface area (Å²) in [6.07, 6.45) is 0. The number of hydrogen-bond donors (Lipinski definition) is 0. The van der Waals surface area contributed by atoms with Crippen LogP contribution in [0.25, 0.3) is 0 Å². The maximum atomic E-state index is 5.71. The van der Waals surface area contributed by atoms with Gasteiger partial charge in [-0.2, -0.15) is 0 Å². The summed E-state index contributed by atoms with van der Waals surface area (Å²) >= 11 is 0. The van der Waals surface area contributed by atoms with Gasteiger partial charge in [0.25, 0.3) is 0 Å². The van der Waals surface area contributed by atoms with E-state index in [2.05, 4.69) is 50.0 Å². The molecule has 0 saturated carbocycles. The highest BCUT2D eigenvalue weighted by molar-refractivity contribution is 6.70. The second-order valence-electron chi connectivity index (χ2n) is 4.87. The lowest BCUT2D eigenvalue weighted by Gasteiger charge is -2.06. The van der Waals surface area contributed by atoms with Gasteiger partial charge < -0.3 is 4.74 Å². The summed E-state index contributed by atoms with van der Waals surface area (Å²) in [6, 6.07) is 18.9. The molecule has 0 N–H and O–H groups in total. The molecule has 0 unspecified atom stereocenters. The van der Waals surface area contributed by atoms with Crippen molar-refractivity contribution in [1.29, 1.82) is 0 Å². The fourth-order valence-corrected chi connectivity index (χ4v) is 1.86. The van der Waals surface area contributed by atoms with E-state index in [4.69, 9.17) is 4.74 Å². The Hall–Kier alpha value is -1.54. The van der Waals surface area contributed by atoms with Gasteiger partial charge >= 0.3 is 0 Å². The molecule has 0 atom stereocenters. The molecule has 0 heterocycles. The Morgan fingerprint density at radius 1 is 0.789 bits per heavy atom. The quantitative estimate of drug-likeness (QED) is 0.733. The van der Waals surface area contributed by atoms with Crippen molar-refractivity contribution < 1.29 is 4.74 Å². The van der Waals surface area contributed by atoms with Gasteiger partial charge in [-0.15, -0.1) is 0 Å². The van der Waals surface area contributed by atoms with Crippen LogP contribution in [0, 0.1) is 0 Å². The smallest absolute Gasteiger partial charge is 0.169 e. The summed E-state index contributed by atoms with van der Waals surface area (Å²) in [7, 11) is 0. The molecule has 100 valence electrons. The van der Waals surface area contributed by atoms with Crippen LogP contribution in [-0.4, -0.2) is 6.71 Å². The van der Waals surface area contributed by atoms with E-state index in [1.165, 1.54) is 16.6 Å². The second kappa shape index (κ2) is 7.80. The standard InChI is InChI=1S/C16H19BO.CH4/c1-17(2)16-10-8-15(9-11-16)13-18-12-14-6-4-3-5-7-14;/h3-11H,12-13H2,1-2H3;1H4. The van der Waals surface area contributed by atoms with Crippen LogP contribution < -0.4 is 5.46 Å². The summed E-state index contributed by atoms with van der Waals surface area (Å²) in [5.41, 5.74) is 3.83. The molecule has 19 heavy (non-hydrogen) atoms. The van der Waals surface area contributed by atoms with Gasteiger partial charge in [0.15, 0.2) is 6.71 Å². The topological polar surface area (TPSA) is 9.23 Å². The Morgan fingerprint density at radius 3 is 1.84 bits per heavy atom. The minimum atomic E-state index is 0. The van der Waals surface area contributed by atoms with Gasteiger partial charge in [-0.1, -0.05) is 81.1 Å². The molecule has 2 heteroatoms. The predicted octanol–water partition coefficient (Wildman–Crippen LogP) is 4.00. The van der Waals surface area contributed by atoms with E-state index >= 15 is 0 Å². The molecule has 0 radical (unpaired) electrons. The minimum absolute atomic E-state index is 0. The molecular formula is C17H23BO. The molecule has 0 spiro atoms. The SMILES string of the molecule is C.CB(C)c1ccc(COCc2ccccc2)cc1. The van der Waals surface area contributed by atoms with Gasteiger partial charge in [-0.05, 0) is 11.1 Å². The average Bonchev–Trinajstić information content (AvgIpc) is 2.40. The van der Waals surface area contributed by atoms with E-state index in [1.807, 2.05) is 18.2 Å². The predicted molar refractivity (Wildman–Crippen MR) is 85.2 cm³/mol. The van der Waals surface area contributed by atoms with Crippen LogP contribution in [-0.2, 0) is 18.0 Å². The van der Waals surface area contributed by atoms with Crippen LogP contribution in [0.2, 0.25) is 13.6 Å². The fourth-order valence-electron chi connectivity index (χ4n) is 1.86. The highest BCUT2D eigenvalue weighted by atomic mass is 16.5. The zero-order valence-corrected chi connectivity index (χ0v) is 11.1. The van der Waals surface area contributed by atoms with Crippen molar-refractivity contribution in [3.05, 3.63) is 65.7 Å². The van der Waals surface area contributed by atoms with Crippen molar-refractivity contribution in [3.8, 4) is 0 Å². The number of ether oxygens (including phenoxy) is 1. The van der Waals surface area contributed by atoms with E-state index in [-0.39, 0.29) is 7.43 Å². The molecule has 0 bridgehead atoms. The Morgan fingerprint density at radius 2 is 1.32 bits per heavy atom. The van der Waals surface area contributed by atoms with Crippen molar-refractivity contribution >= 4 is 12.2 Å². The average molecular weight is 254 g/mol. The molecule has 1 nitrogen and oxygen atoms in total. The van der Waals surface area contributed by atoms with Crippen molar-refractivity contribution in [2.75, 3.05) is 0 Å². The van der Waals surface area contributed by atoms with Crippen LogP contribution in [0.3, 0.4) is 0 Å².